The fourth-order valence-electron chi connectivity index (χ4n) is 2.53. The Morgan fingerprint density at radius 3 is 2.81 bits per heavy atom. The van der Waals surface area contributed by atoms with Crippen molar-refractivity contribution in [3.05, 3.63) is 28.8 Å². The number of aryl methyl sites for hydroxylation is 1. The topological polar surface area (TPSA) is 29.3 Å². The minimum absolute atomic E-state index is 0.342. The molecule has 16 heavy (non-hydrogen) atoms. The average molecular weight is 239 g/mol. The van der Waals surface area contributed by atoms with E-state index in [0.717, 1.165) is 24.4 Å². The molecular weight excluding hydrogens is 220 g/mol. The zero-order valence-electron chi connectivity index (χ0n) is 9.91. The van der Waals surface area contributed by atoms with E-state index in [-0.39, 0.29) is 0 Å². The van der Waals surface area contributed by atoms with Crippen LogP contribution in [0.5, 0.6) is 0 Å². The Hall–Kier alpha value is -0.730. The summed E-state index contributed by atoms with van der Waals surface area (Å²) >= 11 is 6.29. The first kappa shape index (κ1) is 11.7. The smallest absolute Gasteiger partial charge is 0.0642 e. The van der Waals surface area contributed by atoms with Crippen LogP contribution < -0.4 is 10.6 Å². The van der Waals surface area contributed by atoms with Gasteiger partial charge in [0.1, 0.15) is 0 Å². The SMILES string of the molecule is Cc1cccc(Cl)c1N1CCC(N)CC1C. The van der Waals surface area contributed by atoms with Crippen molar-refractivity contribution in [2.75, 3.05) is 11.4 Å². The summed E-state index contributed by atoms with van der Waals surface area (Å²) in [5.74, 6) is 0. The summed E-state index contributed by atoms with van der Waals surface area (Å²) in [5, 5.41) is 0.849. The number of rotatable bonds is 1. The van der Waals surface area contributed by atoms with Crippen LogP contribution in [0, 0.1) is 6.92 Å². The van der Waals surface area contributed by atoms with Gasteiger partial charge >= 0.3 is 0 Å². The van der Waals surface area contributed by atoms with Gasteiger partial charge in [0.25, 0.3) is 0 Å². The molecule has 1 aliphatic heterocycles. The van der Waals surface area contributed by atoms with E-state index in [1.54, 1.807) is 0 Å². The Bertz CT molecular complexity index is 358. The van der Waals surface area contributed by atoms with Crippen LogP contribution in [-0.2, 0) is 0 Å². The Morgan fingerprint density at radius 1 is 1.44 bits per heavy atom. The molecule has 88 valence electrons. The number of nitrogens with two attached hydrogens (primary N) is 1. The molecule has 0 bridgehead atoms. The first-order chi connectivity index (χ1) is 7.59. The number of hydrogen-bond donors (Lipinski definition) is 1. The molecule has 0 saturated carbocycles. The molecule has 1 aromatic carbocycles. The van der Waals surface area contributed by atoms with Gasteiger partial charge in [0.05, 0.1) is 10.7 Å². The van der Waals surface area contributed by atoms with Gasteiger partial charge in [0, 0.05) is 18.6 Å². The molecule has 0 radical (unpaired) electrons. The van der Waals surface area contributed by atoms with Crippen molar-refractivity contribution in [3.8, 4) is 0 Å². The minimum Gasteiger partial charge on any atom is -0.367 e. The Kier molecular flexibility index (Phi) is 3.41. The van der Waals surface area contributed by atoms with Crippen molar-refractivity contribution in [1.82, 2.24) is 0 Å². The van der Waals surface area contributed by atoms with Gasteiger partial charge in [0.15, 0.2) is 0 Å². The summed E-state index contributed by atoms with van der Waals surface area (Å²) < 4.78 is 0. The van der Waals surface area contributed by atoms with Crippen LogP contribution in [0.3, 0.4) is 0 Å². The molecule has 3 heteroatoms. The molecule has 0 amide bonds. The molecule has 1 fully saturated rings. The van der Waals surface area contributed by atoms with Gasteiger partial charge in [-0.05, 0) is 38.3 Å². The number of piperidine rings is 1. The van der Waals surface area contributed by atoms with Crippen molar-refractivity contribution in [3.63, 3.8) is 0 Å². The van der Waals surface area contributed by atoms with Crippen LogP contribution in [0.1, 0.15) is 25.3 Å². The highest BCUT2D eigenvalue weighted by Gasteiger charge is 2.25. The van der Waals surface area contributed by atoms with Crippen LogP contribution in [0.25, 0.3) is 0 Å². The summed E-state index contributed by atoms with van der Waals surface area (Å²) in [6.45, 7) is 5.34. The molecule has 1 heterocycles. The fourth-order valence-corrected chi connectivity index (χ4v) is 2.86. The zero-order valence-corrected chi connectivity index (χ0v) is 10.7. The molecule has 2 unspecified atom stereocenters. The highest BCUT2D eigenvalue weighted by Crippen LogP contribution is 2.33. The lowest BCUT2D eigenvalue weighted by molar-refractivity contribution is 0.429. The lowest BCUT2D eigenvalue weighted by Crippen LogP contribution is -2.46. The standard InChI is InChI=1S/C13H19ClN2/c1-9-4-3-5-12(14)13(9)16-7-6-11(15)8-10(16)2/h3-5,10-11H,6-8,15H2,1-2H3. The Labute approximate surface area is 102 Å². The highest BCUT2D eigenvalue weighted by atomic mass is 35.5. The third kappa shape index (κ3) is 2.18. The number of nitrogens with zero attached hydrogens (tertiary/aromatic N) is 1. The molecule has 2 rings (SSSR count). The van der Waals surface area contributed by atoms with Gasteiger partial charge in [0.2, 0.25) is 0 Å². The lowest BCUT2D eigenvalue weighted by atomic mass is 9.97. The van der Waals surface area contributed by atoms with Gasteiger partial charge in [-0.2, -0.15) is 0 Å². The predicted octanol–water partition coefficient (Wildman–Crippen LogP) is 2.96. The summed E-state index contributed by atoms with van der Waals surface area (Å²) in [5.41, 5.74) is 8.41. The largest absolute Gasteiger partial charge is 0.367 e. The third-order valence-electron chi connectivity index (χ3n) is 3.39. The Balaban J connectivity index is 2.30. The maximum atomic E-state index is 6.29. The van der Waals surface area contributed by atoms with Gasteiger partial charge in [-0.1, -0.05) is 23.7 Å². The summed E-state index contributed by atoms with van der Waals surface area (Å²) in [4.78, 5) is 2.39. The molecule has 2 nitrogen and oxygen atoms in total. The number of halogens is 1. The van der Waals surface area contributed by atoms with E-state index in [0.29, 0.717) is 12.1 Å². The molecule has 1 saturated heterocycles. The van der Waals surface area contributed by atoms with E-state index in [1.807, 2.05) is 12.1 Å². The molecule has 1 aromatic rings. The van der Waals surface area contributed by atoms with Gasteiger partial charge in [-0.3, -0.25) is 0 Å². The van der Waals surface area contributed by atoms with E-state index in [4.69, 9.17) is 17.3 Å². The second kappa shape index (κ2) is 4.64. The lowest BCUT2D eigenvalue weighted by Gasteiger charge is -2.39. The van der Waals surface area contributed by atoms with E-state index >= 15 is 0 Å². The maximum absolute atomic E-state index is 6.29. The van der Waals surface area contributed by atoms with Gasteiger partial charge < -0.3 is 10.6 Å². The molecular formula is C13H19ClN2. The third-order valence-corrected chi connectivity index (χ3v) is 3.70. The van der Waals surface area contributed by atoms with E-state index in [1.165, 1.54) is 11.3 Å². The molecule has 0 aromatic heterocycles. The van der Waals surface area contributed by atoms with Crippen molar-refractivity contribution in [1.29, 1.82) is 0 Å². The van der Waals surface area contributed by atoms with Gasteiger partial charge in [-0.25, -0.2) is 0 Å². The van der Waals surface area contributed by atoms with E-state index < -0.39 is 0 Å². The normalized spacial score (nSPS) is 25.9. The van der Waals surface area contributed by atoms with Crippen molar-refractivity contribution in [2.45, 2.75) is 38.8 Å². The van der Waals surface area contributed by atoms with Crippen LogP contribution in [0.15, 0.2) is 18.2 Å². The van der Waals surface area contributed by atoms with Crippen LogP contribution in [0.4, 0.5) is 5.69 Å². The van der Waals surface area contributed by atoms with E-state index in [2.05, 4.69) is 24.8 Å². The fraction of sp³-hybridized carbons (Fsp3) is 0.538. The molecule has 2 N–H and O–H groups in total. The minimum atomic E-state index is 0.342. The highest BCUT2D eigenvalue weighted by molar-refractivity contribution is 6.33. The average Bonchev–Trinajstić information content (AvgIpc) is 2.20. The first-order valence-electron chi connectivity index (χ1n) is 5.87. The number of hydrogen-bond acceptors (Lipinski definition) is 2. The van der Waals surface area contributed by atoms with Crippen LogP contribution in [0.2, 0.25) is 5.02 Å². The molecule has 0 aliphatic carbocycles. The molecule has 2 atom stereocenters. The first-order valence-corrected chi connectivity index (χ1v) is 6.24. The number of para-hydroxylation sites is 1. The number of benzene rings is 1. The summed E-state index contributed by atoms with van der Waals surface area (Å²) in [7, 11) is 0. The summed E-state index contributed by atoms with van der Waals surface area (Å²) in [6, 6.07) is 6.89. The maximum Gasteiger partial charge on any atom is 0.0642 e. The Morgan fingerprint density at radius 2 is 2.19 bits per heavy atom. The number of anilines is 1. The van der Waals surface area contributed by atoms with Crippen LogP contribution in [-0.4, -0.2) is 18.6 Å². The predicted molar refractivity (Wildman–Crippen MR) is 70.2 cm³/mol. The second-order valence-corrected chi connectivity index (χ2v) is 5.14. The second-order valence-electron chi connectivity index (χ2n) is 4.73. The summed E-state index contributed by atoms with van der Waals surface area (Å²) in [6.07, 6.45) is 2.10. The zero-order chi connectivity index (χ0) is 11.7. The molecule has 1 aliphatic rings. The van der Waals surface area contributed by atoms with Crippen molar-refractivity contribution >= 4 is 17.3 Å². The monoisotopic (exact) mass is 238 g/mol. The van der Waals surface area contributed by atoms with Crippen LogP contribution >= 0.6 is 11.6 Å². The van der Waals surface area contributed by atoms with Gasteiger partial charge in [-0.15, -0.1) is 0 Å². The molecule has 0 spiro atoms. The van der Waals surface area contributed by atoms with Crippen molar-refractivity contribution < 1.29 is 0 Å². The van der Waals surface area contributed by atoms with Crippen molar-refractivity contribution in [2.24, 2.45) is 5.73 Å². The quantitative estimate of drug-likeness (QED) is 0.815. The van der Waals surface area contributed by atoms with E-state index in [9.17, 15) is 0 Å².